The summed E-state index contributed by atoms with van der Waals surface area (Å²) in [5, 5.41) is 1.92. The van der Waals surface area contributed by atoms with E-state index in [1.54, 1.807) is 48.3 Å². The fourth-order valence-corrected chi connectivity index (χ4v) is 2.97. The molecule has 0 fully saturated rings. The van der Waals surface area contributed by atoms with E-state index in [1.165, 1.54) is 0 Å². The maximum Gasteiger partial charge on any atom is 0.335 e. The van der Waals surface area contributed by atoms with Gasteiger partial charge in [0.1, 0.15) is 0 Å². The van der Waals surface area contributed by atoms with Crippen LogP contribution < -0.4 is 10.8 Å². The number of carbonyl (C=O) groups excluding carboxylic acids is 1. The van der Waals surface area contributed by atoms with Crippen molar-refractivity contribution in [3.63, 3.8) is 0 Å². The molecule has 0 bridgehead atoms. The summed E-state index contributed by atoms with van der Waals surface area (Å²) in [6.45, 7) is 2.36. The molecule has 1 aliphatic rings. The Balaban J connectivity index is 2.06. The van der Waals surface area contributed by atoms with Crippen LogP contribution in [-0.2, 0) is 16.1 Å². The number of carbonyl (C=O) groups is 1. The summed E-state index contributed by atoms with van der Waals surface area (Å²) >= 11 is 0. The van der Waals surface area contributed by atoms with E-state index in [4.69, 9.17) is 4.74 Å². The lowest BCUT2D eigenvalue weighted by atomic mass is 10.1. The summed E-state index contributed by atoms with van der Waals surface area (Å²) < 4.78 is 6.86. The van der Waals surface area contributed by atoms with Gasteiger partial charge in [-0.15, -0.1) is 0 Å². The zero-order valence-corrected chi connectivity index (χ0v) is 12.4. The third-order valence-electron chi connectivity index (χ3n) is 4.00. The zero-order chi connectivity index (χ0) is 16.0. The molecular formula is C17H13N3O3. The van der Waals surface area contributed by atoms with E-state index in [0.717, 1.165) is 10.9 Å². The first-order valence-corrected chi connectivity index (χ1v) is 7.33. The van der Waals surface area contributed by atoms with Gasteiger partial charge in [0.15, 0.2) is 0 Å². The van der Waals surface area contributed by atoms with Crippen LogP contribution in [0.5, 0.6) is 0 Å². The van der Waals surface area contributed by atoms with Crippen LogP contribution >= 0.6 is 0 Å². The summed E-state index contributed by atoms with van der Waals surface area (Å²) in [7, 11) is 0. The second-order valence-corrected chi connectivity index (χ2v) is 5.29. The standard InChI is InChI=1S/C17H13N3O3/c1-2-23-17(22)10-3-4-13-16(21)11-5-6-19-12-7-18-8-14(15(11)12)20(13)9-10/h3-8H,2,9H2,1H3. The molecule has 0 spiro atoms. The Hall–Kier alpha value is -3.02. The molecule has 1 aliphatic heterocycles. The SMILES string of the molecule is CCOC(=O)C1=CC=c2c(=O)c3ccnc4cncc(c43)n2C1. The Bertz CT molecular complexity index is 1090. The maximum absolute atomic E-state index is 12.7. The van der Waals surface area contributed by atoms with Gasteiger partial charge in [-0.05, 0) is 25.1 Å². The van der Waals surface area contributed by atoms with Gasteiger partial charge in [-0.2, -0.15) is 0 Å². The molecule has 3 aromatic heterocycles. The fourth-order valence-electron chi connectivity index (χ4n) is 2.97. The van der Waals surface area contributed by atoms with Gasteiger partial charge in [-0.1, -0.05) is 0 Å². The van der Waals surface area contributed by atoms with Crippen LogP contribution in [0.1, 0.15) is 6.92 Å². The number of hydrogen-bond acceptors (Lipinski definition) is 5. The minimum Gasteiger partial charge on any atom is -0.463 e. The van der Waals surface area contributed by atoms with Crippen LogP contribution in [0.4, 0.5) is 0 Å². The predicted octanol–water partition coefficient (Wildman–Crippen LogP) is 0.947. The van der Waals surface area contributed by atoms with Crippen molar-refractivity contribution in [1.29, 1.82) is 0 Å². The van der Waals surface area contributed by atoms with E-state index in [1.807, 2.05) is 0 Å². The van der Waals surface area contributed by atoms with Gasteiger partial charge >= 0.3 is 5.97 Å². The van der Waals surface area contributed by atoms with Crippen molar-refractivity contribution in [2.24, 2.45) is 0 Å². The molecule has 0 N–H and O–H groups in total. The smallest absolute Gasteiger partial charge is 0.335 e. The number of rotatable bonds is 2. The number of esters is 1. The van der Waals surface area contributed by atoms with Crippen molar-refractivity contribution >= 4 is 33.9 Å². The Labute approximate surface area is 130 Å². The van der Waals surface area contributed by atoms with Crippen molar-refractivity contribution in [2.45, 2.75) is 13.5 Å². The molecule has 0 saturated carbocycles. The van der Waals surface area contributed by atoms with Crippen molar-refractivity contribution < 1.29 is 9.53 Å². The Morgan fingerprint density at radius 1 is 1.35 bits per heavy atom. The predicted molar refractivity (Wildman–Crippen MR) is 85.7 cm³/mol. The average Bonchev–Trinajstić information content (AvgIpc) is 2.59. The molecule has 0 saturated heterocycles. The fraction of sp³-hybridized carbons (Fsp3) is 0.176. The van der Waals surface area contributed by atoms with Crippen LogP contribution in [0, 0.1) is 0 Å². The molecule has 0 unspecified atom stereocenters. The van der Waals surface area contributed by atoms with Crippen molar-refractivity contribution in [2.75, 3.05) is 6.61 Å². The third kappa shape index (κ3) is 1.95. The Morgan fingerprint density at radius 3 is 3.04 bits per heavy atom. The highest BCUT2D eigenvalue weighted by atomic mass is 16.5. The minimum atomic E-state index is -0.368. The number of allylic oxidation sites excluding steroid dienone is 1. The van der Waals surface area contributed by atoms with Crippen molar-refractivity contribution in [3.05, 3.63) is 51.9 Å². The number of nitrogens with zero attached hydrogens (tertiary/aromatic N) is 3. The van der Waals surface area contributed by atoms with Gasteiger partial charge in [0.05, 0.1) is 47.5 Å². The van der Waals surface area contributed by atoms with E-state index < -0.39 is 0 Å². The normalized spacial score (nSPS) is 13.5. The Morgan fingerprint density at radius 2 is 2.22 bits per heavy atom. The second kappa shape index (κ2) is 5.01. The molecule has 4 heterocycles. The summed E-state index contributed by atoms with van der Waals surface area (Å²) in [6.07, 6.45) is 8.26. The summed E-state index contributed by atoms with van der Waals surface area (Å²) in [6, 6.07) is 1.72. The first-order chi connectivity index (χ1) is 11.2. The number of ether oxygens (including phenoxy) is 1. The number of hydrogen-bond donors (Lipinski definition) is 0. The lowest BCUT2D eigenvalue weighted by Crippen LogP contribution is -2.38. The summed E-state index contributed by atoms with van der Waals surface area (Å²) in [5.41, 5.74) is 1.88. The number of pyridine rings is 3. The van der Waals surface area contributed by atoms with Gasteiger partial charge in [0, 0.05) is 17.0 Å². The molecule has 0 aliphatic carbocycles. The van der Waals surface area contributed by atoms with Crippen LogP contribution in [0.2, 0.25) is 0 Å². The Kier molecular flexibility index (Phi) is 2.97. The molecule has 114 valence electrons. The molecule has 0 radical (unpaired) electrons. The maximum atomic E-state index is 12.7. The van der Waals surface area contributed by atoms with Gasteiger partial charge in [-0.25, -0.2) is 4.79 Å². The van der Waals surface area contributed by atoms with E-state index in [0.29, 0.717) is 28.4 Å². The minimum absolute atomic E-state index is 0.0738. The lowest BCUT2D eigenvalue weighted by molar-refractivity contribution is -0.138. The van der Waals surface area contributed by atoms with Crippen molar-refractivity contribution in [1.82, 2.24) is 14.5 Å². The molecular weight excluding hydrogens is 294 g/mol. The molecule has 6 nitrogen and oxygen atoms in total. The first-order valence-electron chi connectivity index (χ1n) is 7.33. The quantitative estimate of drug-likeness (QED) is 0.659. The molecule has 0 amide bonds. The number of fused-ring (bicyclic) bond motifs is 2. The number of aromatic nitrogens is 3. The molecule has 0 atom stereocenters. The highest BCUT2D eigenvalue weighted by Gasteiger charge is 2.19. The second-order valence-electron chi connectivity index (χ2n) is 5.29. The van der Waals surface area contributed by atoms with Gasteiger partial charge < -0.3 is 9.30 Å². The van der Waals surface area contributed by atoms with E-state index in [-0.39, 0.29) is 17.9 Å². The van der Waals surface area contributed by atoms with E-state index in [2.05, 4.69) is 9.97 Å². The molecule has 6 heteroatoms. The summed E-state index contributed by atoms with van der Waals surface area (Å²) in [4.78, 5) is 33.2. The molecule has 4 rings (SSSR count). The van der Waals surface area contributed by atoms with Gasteiger partial charge in [-0.3, -0.25) is 14.8 Å². The van der Waals surface area contributed by atoms with Crippen LogP contribution in [0.3, 0.4) is 0 Å². The molecule has 3 aromatic rings. The zero-order valence-electron chi connectivity index (χ0n) is 12.4. The monoisotopic (exact) mass is 307 g/mol. The topological polar surface area (TPSA) is 74.1 Å². The third-order valence-corrected chi connectivity index (χ3v) is 4.00. The highest BCUT2D eigenvalue weighted by molar-refractivity contribution is 6.06. The molecule has 23 heavy (non-hydrogen) atoms. The van der Waals surface area contributed by atoms with E-state index >= 15 is 0 Å². The van der Waals surface area contributed by atoms with Gasteiger partial charge in [0.2, 0.25) is 5.43 Å². The van der Waals surface area contributed by atoms with Crippen LogP contribution in [-0.4, -0.2) is 27.1 Å². The first kappa shape index (κ1) is 13.6. The van der Waals surface area contributed by atoms with E-state index in [9.17, 15) is 9.59 Å². The largest absolute Gasteiger partial charge is 0.463 e. The van der Waals surface area contributed by atoms with Crippen molar-refractivity contribution in [3.8, 4) is 0 Å². The van der Waals surface area contributed by atoms with Crippen LogP contribution in [0.25, 0.3) is 27.9 Å². The average molecular weight is 307 g/mol. The molecule has 0 aromatic carbocycles. The van der Waals surface area contributed by atoms with Crippen LogP contribution in [0.15, 0.2) is 41.1 Å². The van der Waals surface area contributed by atoms with Gasteiger partial charge in [0.25, 0.3) is 0 Å². The summed E-state index contributed by atoms with van der Waals surface area (Å²) in [5.74, 6) is -0.368. The lowest BCUT2D eigenvalue weighted by Gasteiger charge is -2.17. The highest BCUT2D eigenvalue weighted by Crippen LogP contribution is 2.21.